The number of ether oxygens (including phenoxy) is 1. The van der Waals surface area contributed by atoms with Gasteiger partial charge in [0.2, 0.25) is 10.0 Å². The van der Waals surface area contributed by atoms with Crippen molar-refractivity contribution in [2.24, 2.45) is 0 Å². The number of carbonyl (C=O) groups excluding carboxylic acids is 1. The fourth-order valence-corrected chi connectivity index (χ4v) is 5.22. The van der Waals surface area contributed by atoms with Crippen LogP contribution < -0.4 is 0 Å². The van der Waals surface area contributed by atoms with Gasteiger partial charge in [-0.3, -0.25) is 9.78 Å². The maximum Gasteiger partial charge on any atom is 0.255 e. The summed E-state index contributed by atoms with van der Waals surface area (Å²) in [5.41, 5.74) is 1.43. The molecule has 0 spiro atoms. The number of amides is 1. The molecule has 3 heterocycles. The molecule has 0 aliphatic carbocycles. The zero-order chi connectivity index (χ0) is 19.0. The number of hydrogen-bond acceptors (Lipinski definition) is 5. The minimum Gasteiger partial charge on any atom is -0.369 e. The zero-order valence-electron chi connectivity index (χ0n) is 15.0. The third-order valence-electron chi connectivity index (χ3n) is 4.87. The smallest absolute Gasteiger partial charge is 0.255 e. The van der Waals surface area contributed by atoms with Crippen LogP contribution in [0.1, 0.15) is 15.9 Å². The van der Waals surface area contributed by atoms with E-state index in [0.717, 1.165) is 5.56 Å². The number of pyridine rings is 1. The molecule has 1 aromatic heterocycles. The summed E-state index contributed by atoms with van der Waals surface area (Å²) >= 11 is 0. The number of rotatable bonds is 3. The van der Waals surface area contributed by atoms with Crippen molar-refractivity contribution in [2.45, 2.75) is 24.0 Å². The lowest BCUT2D eigenvalue weighted by atomic mass is 10.1. The molecule has 2 atom stereocenters. The summed E-state index contributed by atoms with van der Waals surface area (Å²) in [4.78, 5) is 18.7. The van der Waals surface area contributed by atoms with Gasteiger partial charge in [0.15, 0.2) is 0 Å². The maximum atomic E-state index is 13.0. The summed E-state index contributed by atoms with van der Waals surface area (Å²) < 4.78 is 33.4. The Balaban J connectivity index is 1.50. The molecule has 0 unspecified atom stereocenters. The van der Waals surface area contributed by atoms with E-state index < -0.39 is 10.0 Å². The van der Waals surface area contributed by atoms with Crippen molar-refractivity contribution < 1.29 is 17.9 Å². The van der Waals surface area contributed by atoms with Crippen LogP contribution in [0.5, 0.6) is 0 Å². The predicted octanol–water partition coefficient (Wildman–Crippen LogP) is 1.30. The van der Waals surface area contributed by atoms with Crippen molar-refractivity contribution in [2.75, 3.05) is 26.2 Å². The quantitative estimate of drug-likeness (QED) is 0.793. The Hall–Kier alpha value is -2.29. The van der Waals surface area contributed by atoms with Crippen molar-refractivity contribution in [3.63, 3.8) is 0 Å². The highest BCUT2D eigenvalue weighted by Crippen LogP contribution is 2.26. The molecule has 2 fully saturated rings. The minimum atomic E-state index is -3.58. The number of aromatic nitrogens is 1. The first kappa shape index (κ1) is 18.1. The van der Waals surface area contributed by atoms with E-state index in [4.69, 9.17) is 4.74 Å². The van der Waals surface area contributed by atoms with Crippen LogP contribution in [0.25, 0.3) is 0 Å². The lowest BCUT2D eigenvalue weighted by Gasteiger charge is -2.45. The number of fused-ring (bicyclic) bond motifs is 2. The normalized spacial score (nSPS) is 23.2. The molecule has 2 aromatic rings. The average Bonchev–Trinajstić information content (AvgIpc) is 2.67. The van der Waals surface area contributed by atoms with Gasteiger partial charge < -0.3 is 9.64 Å². The fraction of sp³-hybridized carbons (Fsp3) is 0.368. The van der Waals surface area contributed by atoms with Crippen molar-refractivity contribution in [1.82, 2.24) is 14.2 Å². The van der Waals surface area contributed by atoms with Gasteiger partial charge in [0.1, 0.15) is 0 Å². The minimum absolute atomic E-state index is 0.101. The van der Waals surface area contributed by atoms with Crippen molar-refractivity contribution in [3.05, 3.63) is 59.9 Å². The van der Waals surface area contributed by atoms with Gasteiger partial charge >= 0.3 is 0 Å². The molecule has 142 valence electrons. The Morgan fingerprint density at radius 2 is 1.85 bits per heavy atom. The van der Waals surface area contributed by atoms with E-state index in [2.05, 4.69) is 4.98 Å². The highest BCUT2D eigenvalue weighted by Gasteiger charge is 2.41. The number of morpholine rings is 2. The van der Waals surface area contributed by atoms with Crippen LogP contribution in [0.3, 0.4) is 0 Å². The number of hydrogen-bond donors (Lipinski definition) is 0. The average molecular weight is 387 g/mol. The number of carbonyl (C=O) groups is 1. The molecule has 27 heavy (non-hydrogen) atoms. The zero-order valence-corrected chi connectivity index (χ0v) is 15.8. The van der Waals surface area contributed by atoms with E-state index >= 15 is 0 Å². The van der Waals surface area contributed by atoms with Gasteiger partial charge in [0.05, 0.1) is 22.7 Å². The van der Waals surface area contributed by atoms with E-state index in [9.17, 15) is 13.2 Å². The summed E-state index contributed by atoms with van der Waals surface area (Å²) in [6.45, 7) is 3.08. The second-order valence-corrected chi connectivity index (χ2v) is 8.91. The third-order valence-corrected chi connectivity index (χ3v) is 6.70. The van der Waals surface area contributed by atoms with E-state index in [1.165, 1.54) is 4.31 Å². The first-order valence-corrected chi connectivity index (χ1v) is 10.3. The third kappa shape index (κ3) is 3.60. The van der Waals surface area contributed by atoms with Crippen LogP contribution in [-0.4, -0.2) is 66.9 Å². The Bertz CT molecular complexity index is 934. The molecule has 2 saturated heterocycles. The highest BCUT2D eigenvalue weighted by molar-refractivity contribution is 7.89. The lowest BCUT2D eigenvalue weighted by molar-refractivity contribution is -0.113. The SMILES string of the molecule is Cc1cccc(S(=O)(=O)N2C[C@H]3CN(C(=O)c4cccnc4)C[C@@H](C2)O3)c1. The lowest BCUT2D eigenvalue weighted by Crippen LogP contribution is -2.61. The van der Waals surface area contributed by atoms with E-state index in [1.807, 2.05) is 13.0 Å². The number of benzene rings is 1. The maximum absolute atomic E-state index is 13.0. The molecule has 0 saturated carbocycles. The first-order chi connectivity index (χ1) is 12.9. The topological polar surface area (TPSA) is 79.8 Å². The predicted molar refractivity (Wildman–Crippen MR) is 98.7 cm³/mol. The van der Waals surface area contributed by atoms with Gasteiger partial charge in [-0.25, -0.2) is 8.42 Å². The summed E-state index contributed by atoms with van der Waals surface area (Å²) in [7, 11) is -3.58. The monoisotopic (exact) mass is 387 g/mol. The number of sulfonamides is 1. The molecular formula is C19H21N3O4S. The summed E-state index contributed by atoms with van der Waals surface area (Å²) in [5, 5.41) is 0. The van der Waals surface area contributed by atoms with Crippen LogP contribution in [0.2, 0.25) is 0 Å². The van der Waals surface area contributed by atoms with Gasteiger partial charge in [-0.1, -0.05) is 12.1 Å². The second kappa shape index (κ2) is 7.03. The van der Waals surface area contributed by atoms with Gasteiger partial charge in [-0.2, -0.15) is 4.31 Å². The molecule has 0 radical (unpaired) electrons. The Morgan fingerprint density at radius 3 is 2.48 bits per heavy atom. The molecule has 7 nitrogen and oxygen atoms in total. The van der Waals surface area contributed by atoms with Gasteiger partial charge in [-0.05, 0) is 36.8 Å². The standard InChI is InChI=1S/C19H21N3O4S/c1-14-4-2-6-18(8-14)27(24,25)22-12-16-10-21(11-17(13-22)26-16)19(23)15-5-3-7-20-9-15/h2-9,16-17H,10-13H2,1H3/t16-,17+. The van der Waals surface area contributed by atoms with Gasteiger partial charge in [0.25, 0.3) is 5.91 Å². The molecule has 2 bridgehead atoms. The van der Waals surface area contributed by atoms with E-state index in [1.54, 1.807) is 47.6 Å². The van der Waals surface area contributed by atoms with Crippen molar-refractivity contribution in [1.29, 1.82) is 0 Å². The summed E-state index contributed by atoms with van der Waals surface area (Å²) in [6, 6.07) is 10.4. The van der Waals surface area contributed by atoms with Gasteiger partial charge in [-0.15, -0.1) is 0 Å². The number of aryl methyl sites for hydroxylation is 1. The van der Waals surface area contributed by atoms with Crippen LogP contribution >= 0.6 is 0 Å². The van der Waals surface area contributed by atoms with Crippen molar-refractivity contribution in [3.8, 4) is 0 Å². The first-order valence-electron chi connectivity index (χ1n) is 8.85. The molecule has 4 rings (SSSR count). The molecule has 0 N–H and O–H groups in total. The molecule has 2 aliphatic rings. The molecule has 2 aliphatic heterocycles. The van der Waals surface area contributed by atoms with Crippen LogP contribution in [-0.2, 0) is 14.8 Å². The molecular weight excluding hydrogens is 366 g/mol. The van der Waals surface area contributed by atoms with Gasteiger partial charge in [0, 0.05) is 38.6 Å². The van der Waals surface area contributed by atoms with Crippen molar-refractivity contribution >= 4 is 15.9 Å². The highest BCUT2D eigenvalue weighted by atomic mass is 32.2. The van der Waals surface area contributed by atoms with Crippen LogP contribution in [0.4, 0.5) is 0 Å². The largest absolute Gasteiger partial charge is 0.369 e. The Kier molecular flexibility index (Phi) is 4.71. The number of nitrogens with zero attached hydrogens (tertiary/aromatic N) is 3. The summed E-state index contributed by atoms with van der Waals surface area (Å²) in [6.07, 6.45) is 2.50. The summed E-state index contributed by atoms with van der Waals surface area (Å²) in [5.74, 6) is -0.101. The fourth-order valence-electron chi connectivity index (χ4n) is 3.61. The molecule has 1 aromatic carbocycles. The van der Waals surface area contributed by atoms with Crippen LogP contribution in [0, 0.1) is 6.92 Å². The second-order valence-electron chi connectivity index (χ2n) is 6.97. The van der Waals surface area contributed by atoms with Crippen LogP contribution in [0.15, 0.2) is 53.7 Å². The van der Waals surface area contributed by atoms with E-state index in [0.29, 0.717) is 23.5 Å². The Morgan fingerprint density at radius 1 is 1.11 bits per heavy atom. The van der Waals surface area contributed by atoms with E-state index in [-0.39, 0.29) is 31.2 Å². The molecule has 8 heteroatoms. The molecule has 1 amide bonds. The Labute approximate surface area is 158 Å².